The third kappa shape index (κ3) is 3.57. The minimum atomic E-state index is -0.0724. The van der Waals surface area contributed by atoms with Gasteiger partial charge in [-0.2, -0.15) is 0 Å². The molecule has 4 nitrogen and oxygen atoms in total. The quantitative estimate of drug-likeness (QED) is 0.844. The molecular weight excluding hydrogens is 234 g/mol. The number of carbonyl (C=O) groups excluding carboxylic acids is 1. The highest BCUT2D eigenvalue weighted by atomic mass is 32.2. The van der Waals surface area contributed by atoms with Gasteiger partial charge < -0.3 is 5.32 Å². The first-order valence-corrected chi connectivity index (χ1v) is 5.88. The Kier molecular flexibility index (Phi) is 3.72. The van der Waals surface area contributed by atoms with Gasteiger partial charge in [-0.15, -0.1) is 0 Å². The maximum atomic E-state index is 10.9. The average molecular weight is 245 g/mol. The molecule has 0 atom stereocenters. The monoisotopic (exact) mass is 245 g/mol. The first kappa shape index (κ1) is 11.6. The summed E-state index contributed by atoms with van der Waals surface area (Å²) in [5, 5.41) is 3.42. The van der Waals surface area contributed by atoms with Gasteiger partial charge >= 0.3 is 0 Å². The number of carbonyl (C=O) groups is 1. The molecular formula is C12H11N3OS. The van der Waals surface area contributed by atoms with Crippen LogP contribution in [0.15, 0.2) is 52.8 Å². The van der Waals surface area contributed by atoms with E-state index in [0.29, 0.717) is 5.16 Å². The molecule has 0 unspecified atom stereocenters. The lowest BCUT2D eigenvalue weighted by Gasteiger charge is -2.03. The summed E-state index contributed by atoms with van der Waals surface area (Å²) >= 11 is 1.48. The van der Waals surface area contributed by atoms with E-state index in [1.54, 1.807) is 18.5 Å². The summed E-state index contributed by atoms with van der Waals surface area (Å²) < 4.78 is 0. The Hall–Kier alpha value is -1.88. The number of benzene rings is 1. The number of aromatic nitrogens is 2. The maximum Gasteiger partial charge on any atom is 0.221 e. The first-order valence-electron chi connectivity index (χ1n) is 5.06. The van der Waals surface area contributed by atoms with E-state index in [4.69, 9.17) is 0 Å². The second-order valence-corrected chi connectivity index (χ2v) is 4.38. The van der Waals surface area contributed by atoms with Gasteiger partial charge in [0.2, 0.25) is 5.91 Å². The van der Waals surface area contributed by atoms with Crippen LogP contribution in [0.3, 0.4) is 0 Å². The third-order valence-electron chi connectivity index (χ3n) is 1.93. The normalized spacial score (nSPS) is 9.94. The van der Waals surface area contributed by atoms with E-state index < -0.39 is 0 Å². The predicted octanol–water partition coefficient (Wildman–Crippen LogP) is 2.59. The highest BCUT2D eigenvalue weighted by Crippen LogP contribution is 2.25. The summed E-state index contributed by atoms with van der Waals surface area (Å²) in [6.45, 7) is 1.49. The van der Waals surface area contributed by atoms with Crippen molar-refractivity contribution in [3.63, 3.8) is 0 Å². The van der Waals surface area contributed by atoms with Gasteiger partial charge in [-0.3, -0.25) is 4.79 Å². The maximum absolute atomic E-state index is 10.9. The summed E-state index contributed by atoms with van der Waals surface area (Å²) in [6.07, 6.45) is 3.42. The van der Waals surface area contributed by atoms with Crippen LogP contribution in [0, 0.1) is 0 Å². The molecule has 0 radical (unpaired) electrons. The minimum absolute atomic E-state index is 0.0724. The highest BCUT2D eigenvalue weighted by Gasteiger charge is 2.00. The van der Waals surface area contributed by atoms with Crippen molar-refractivity contribution in [3.05, 3.63) is 42.7 Å². The molecule has 1 amide bonds. The Balaban J connectivity index is 2.06. The molecule has 0 spiro atoms. The molecule has 0 saturated carbocycles. The molecule has 1 aromatic heterocycles. The van der Waals surface area contributed by atoms with Crippen molar-refractivity contribution in [2.75, 3.05) is 5.32 Å². The van der Waals surface area contributed by atoms with Crippen LogP contribution in [0.5, 0.6) is 0 Å². The van der Waals surface area contributed by atoms with Gasteiger partial charge in [-0.05, 0) is 42.1 Å². The number of nitrogens with zero attached hydrogens (tertiary/aromatic N) is 2. The zero-order valence-corrected chi connectivity index (χ0v) is 10.1. The molecule has 0 aliphatic carbocycles. The third-order valence-corrected chi connectivity index (χ3v) is 2.83. The van der Waals surface area contributed by atoms with Crippen molar-refractivity contribution in [1.29, 1.82) is 0 Å². The predicted molar refractivity (Wildman–Crippen MR) is 66.9 cm³/mol. The summed E-state index contributed by atoms with van der Waals surface area (Å²) in [6, 6.07) is 9.34. The largest absolute Gasteiger partial charge is 0.326 e. The fourth-order valence-corrected chi connectivity index (χ4v) is 1.96. The molecule has 2 aromatic rings. The van der Waals surface area contributed by atoms with Gasteiger partial charge in [0.05, 0.1) is 0 Å². The Bertz CT molecular complexity index is 499. The lowest BCUT2D eigenvalue weighted by Crippen LogP contribution is -2.05. The molecule has 2 rings (SSSR count). The van der Waals surface area contributed by atoms with E-state index in [-0.39, 0.29) is 5.91 Å². The van der Waals surface area contributed by atoms with Crippen molar-refractivity contribution in [2.45, 2.75) is 17.0 Å². The zero-order chi connectivity index (χ0) is 12.1. The van der Waals surface area contributed by atoms with Gasteiger partial charge in [-0.1, -0.05) is 0 Å². The molecule has 17 heavy (non-hydrogen) atoms. The van der Waals surface area contributed by atoms with E-state index in [1.807, 2.05) is 24.3 Å². The van der Waals surface area contributed by atoms with Gasteiger partial charge in [0.15, 0.2) is 5.16 Å². The van der Waals surface area contributed by atoms with Crippen molar-refractivity contribution in [2.24, 2.45) is 0 Å². The standard InChI is InChI=1S/C12H11N3OS/c1-9(16)15-10-3-5-11(6-4-10)17-12-13-7-2-8-14-12/h2-8H,1H3,(H,15,16). The Labute approximate surface area is 103 Å². The molecule has 0 bridgehead atoms. The van der Waals surface area contributed by atoms with Gasteiger partial charge in [-0.25, -0.2) is 9.97 Å². The Morgan fingerprint density at radius 3 is 2.41 bits per heavy atom. The van der Waals surface area contributed by atoms with E-state index in [2.05, 4.69) is 15.3 Å². The van der Waals surface area contributed by atoms with E-state index >= 15 is 0 Å². The molecule has 0 aliphatic rings. The van der Waals surface area contributed by atoms with Crippen LogP contribution in [-0.4, -0.2) is 15.9 Å². The van der Waals surface area contributed by atoms with E-state index in [9.17, 15) is 4.79 Å². The second kappa shape index (κ2) is 5.45. The van der Waals surface area contributed by atoms with Crippen LogP contribution < -0.4 is 5.32 Å². The smallest absolute Gasteiger partial charge is 0.221 e. The summed E-state index contributed by atoms with van der Waals surface area (Å²) in [5.41, 5.74) is 0.788. The molecule has 86 valence electrons. The minimum Gasteiger partial charge on any atom is -0.326 e. The fourth-order valence-electron chi connectivity index (χ4n) is 1.25. The lowest BCUT2D eigenvalue weighted by atomic mass is 10.3. The molecule has 1 N–H and O–H groups in total. The molecule has 0 saturated heterocycles. The highest BCUT2D eigenvalue weighted by molar-refractivity contribution is 7.99. The summed E-state index contributed by atoms with van der Waals surface area (Å²) in [7, 11) is 0. The number of hydrogen-bond donors (Lipinski definition) is 1. The van der Waals surface area contributed by atoms with Gasteiger partial charge in [0.1, 0.15) is 0 Å². The number of anilines is 1. The van der Waals surface area contributed by atoms with Crippen molar-refractivity contribution in [3.8, 4) is 0 Å². The summed E-state index contributed by atoms with van der Waals surface area (Å²) in [4.78, 5) is 20.1. The second-order valence-electron chi connectivity index (χ2n) is 3.34. The van der Waals surface area contributed by atoms with Crippen LogP contribution in [0.1, 0.15) is 6.92 Å². The van der Waals surface area contributed by atoms with Crippen molar-refractivity contribution >= 4 is 23.4 Å². The van der Waals surface area contributed by atoms with Crippen molar-refractivity contribution in [1.82, 2.24) is 9.97 Å². The van der Waals surface area contributed by atoms with Gasteiger partial charge in [0, 0.05) is 29.9 Å². The number of rotatable bonds is 3. The molecule has 1 heterocycles. The average Bonchev–Trinajstić information content (AvgIpc) is 2.32. The van der Waals surface area contributed by atoms with Crippen LogP contribution in [0.25, 0.3) is 0 Å². The van der Waals surface area contributed by atoms with E-state index in [1.165, 1.54) is 18.7 Å². The van der Waals surface area contributed by atoms with Gasteiger partial charge in [0.25, 0.3) is 0 Å². The zero-order valence-electron chi connectivity index (χ0n) is 9.25. The molecule has 5 heteroatoms. The van der Waals surface area contributed by atoms with Crippen LogP contribution in [0.4, 0.5) is 5.69 Å². The topological polar surface area (TPSA) is 54.9 Å². The fraction of sp³-hybridized carbons (Fsp3) is 0.0833. The Morgan fingerprint density at radius 1 is 1.18 bits per heavy atom. The molecule has 1 aromatic carbocycles. The van der Waals surface area contributed by atoms with Crippen LogP contribution >= 0.6 is 11.8 Å². The summed E-state index contributed by atoms with van der Waals surface area (Å²) in [5.74, 6) is -0.0724. The van der Waals surface area contributed by atoms with Crippen molar-refractivity contribution < 1.29 is 4.79 Å². The number of nitrogens with one attached hydrogen (secondary N) is 1. The SMILES string of the molecule is CC(=O)Nc1ccc(Sc2ncccn2)cc1. The first-order chi connectivity index (χ1) is 8.24. The number of amides is 1. The lowest BCUT2D eigenvalue weighted by molar-refractivity contribution is -0.114. The Morgan fingerprint density at radius 2 is 1.82 bits per heavy atom. The van der Waals surface area contributed by atoms with Crippen LogP contribution in [0.2, 0.25) is 0 Å². The number of hydrogen-bond acceptors (Lipinski definition) is 4. The van der Waals surface area contributed by atoms with E-state index in [0.717, 1.165) is 10.6 Å². The molecule has 0 aliphatic heterocycles. The van der Waals surface area contributed by atoms with Crippen LogP contribution in [-0.2, 0) is 4.79 Å². The molecule has 0 fully saturated rings.